The monoisotopic (exact) mass is 363 g/mol. The fraction of sp³-hybridized carbons (Fsp3) is 0.111. The van der Waals surface area contributed by atoms with Gasteiger partial charge in [-0.3, -0.25) is 0 Å². The van der Waals surface area contributed by atoms with Crippen molar-refractivity contribution in [2.75, 3.05) is 7.11 Å². The smallest absolute Gasteiger partial charge is 0.387 e. The summed E-state index contributed by atoms with van der Waals surface area (Å²) in [6, 6.07) is 9.86. The second kappa shape index (κ2) is 7.30. The standard InChI is InChI=1S/C18H12F3NO4/c1-24-15-9-10(6-7-14(15)25-18(20)21)8-13-17(23)26-16(22-13)11-4-2-3-5-12(11)19/h2-9,18H,1H3. The first-order chi connectivity index (χ1) is 12.5. The fourth-order valence-electron chi connectivity index (χ4n) is 2.28. The first-order valence-corrected chi connectivity index (χ1v) is 7.38. The van der Waals surface area contributed by atoms with Crippen LogP contribution in [0.25, 0.3) is 6.08 Å². The van der Waals surface area contributed by atoms with Crippen LogP contribution in [0.1, 0.15) is 11.1 Å². The van der Waals surface area contributed by atoms with Crippen molar-refractivity contribution >= 4 is 17.9 Å². The van der Waals surface area contributed by atoms with Crippen LogP contribution in [0.3, 0.4) is 0 Å². The maximum Gasteiger partial charge on any atom is 0.387 e. The summed E-state index contributed by atoms with van der Waals surface area (Å²) < 4.78 is 52.8. The van der Waals surface area contributed by atoms with E-state index in [-0.39, 0.29) is 28.7 Å². The average Bonchev–Trinajstić information content (AvgIpc) is 2.96. The molecule has 0 radical (unpaired) electrons. The van der Waals surface area contributed by atoms with Gasteiger partial charge in [-0.05, 0) is 35.9 Å². The topological polar surface area (TPSA) is 57.1 Å². The molecule has 0 saturated heterocycles. The second-order valence-corrected chi connectivity index (χ2v) is 5.10. The molecule has 1 aliphatic rings. The van der Waals surface area contributed by atoms with Crippen LogP contribution in [0.4, 0.5) is 13.2 Å². The SMILES string of the molecule is COc1cc(C=C2N=C(c3ccccc3F)OC2=O)ccc1OC(F)F. The van der Waals surface area contributed by atoms with E-state index in [9.17, 15) is 18.0 Å². The van der Waals surface area contributed by atoms with Crippen molar-refractivity contribution in [1.29, 1.82) is 0 Å². The van der Waals surface area contributed by atoms with Crippen molar-refractivity contribution in [3.05, 3.63) is 65.1 Å². The quantitative estimate of drug-likeness (QED) is 0.599. The number of nitrogens with zero attached hydrogens (tertiary/aromatic N) is 1. The molecule has 1 aliphatic heterocycles. The van der Waals surface area contributed by atoms with Gasteiger partial charge in [0.1, 0.15) is 5.82 Å². The van der Waals surface area contributed by atoms with Crippen molar-refractivity contribution in [1.82, 2.24) is 0 Å². The summed E-state index contributed by atoms with van der Waals surface area (Å²) in [6.07, 6.45) is 1.37. The summed E-state index contributed by atoms with van der Waals surface area (Å²) in [5.41, 5.74) is 0.435. The lowest BCUT2D eigenvalue weighted by Gasteiger charge is -2.10. The van der Waals surface area contributed by atoms with E-state index in [1.54, 1.807) is 6.07 Å². The third kappa shape index (κ3) is 3.69. The van der Waals surface area contributed by atoms with E-state index < -0.39 is 18.4 Å². The third-order valence-corrected chi connectivity index (χ3v) is 3.43. The number of methoxy groups -OCH3 is 1. The highest BCUT2D eigenvalue weighted by molar-refractivity contribution is 6.12. The van der Waals surface area contributed by atoms with Crippen molar-refractivity contribution in [3.8, 4) is 11.5 Å². The summed E-state index contributed by atoms with van der Waals surface area (Å²) in [6.45, 7) is -2.99. The number of benzene rings is 2. The molecule has 0 N–H and O–H groups in total. The highest BCUT2D eigenvalue weighted by Gasteiger charge is 2.26. The van der Waals surface area contributed by atoms with Gasteiger partial charge in [-0.25, -0.2) is 14.2 Å². The van der Waals surface area contributed by atoms with Crippen LogP contribution < -0.4 is 9.47 Å². The molecule has 26 heavy (non-hydrogen) atoms. The molecule has 2 aromatic rings. The minimum atomic E-state index is -2.99. The van der Waals surface area contributed by atoms with E-state index in [1.807, 2.05) is 0 Å². The van der Waals surface area contributed by atoms with Crippen LogP contribution >= 0.6 is 0 Å². The van der Waals surface area contributed by atoms with E-state index in [0.717, 1.165) is 0 Å². The number of ether oxygens (including phenoxy) is 3. The molecule has 0 aliphatic carbocycles. The van der Waals surface area contributed by atoms with Gasteiger partial charge in [0, 0.05) is 0 Å². The Balaban J connectivity index is 1.92. The fourth-order valence-corrected chi connectivity index (χ4v) is 2.28. The molecule has 0 bridgehead atoms. The number of halogens is 3. The number of carbonyl (C=O) groups is 1. The maximum absolute atomic E-state index is 13.8. The van der Waals surface area contributed by atoms with Gasteiger partial charge in [-0.15, -0.1) is 0 Å². The summed E-state index contributed by atoms with van der Waals surface area (Å²) in [7, 11) is 1.29. The Bertz CT molecular complexity index is 909. The number of esters is 1. The summed E-state index contributed by atoms with van der Waals surface area (Å²) in [4.78, 5) is 16.0. The molecule has 0 aromatic heterocycles. The molecule has 5 nitrogen and oxygen atoms in total. The molecular weight excluding hydrogens is 351 g/mol. The van der Waals surface area contributed by atoms with Crippen molar-refractivity contribution in [2.24, 2.45) is 4.99 Å². The molecule has 2 aromatic carbocycles. The summed E-state index contributed by atoms with van der Waals surface area (Å²) >= 11 is 0. The summed E-state index contributed by atoms with van der Waals surface area (Å²) in [5, 5.41) is 0. The van der Waals surface area contributed by atoms with E-state index >= 15 is 0 Å². The number of cyclic esters (lactones) is 1. The number of hydrogen-bond donors (Lipinski definition) is 0. The van der Waals surface area contributed by atoms with E-state index in [2.05, 4.69) is 9.73 Å². The first kappa shape index (κ1) is 17.5. The number of aliphatic imine (C=N–C) groups is 1. The number of hydrogen-bond acceptors (Lipinski definition) is 5. The molecule has 0 saturated carbocycles. The van der Waals surface area contributed by atoms with Gasteiger partial charge in [-0.1, -0.05) is 18.2 Å². The Morgan fingerprint density at radius 2 is 1.92 bits per heavy atom. The Labute approximate surface area is 146 Å². The average molecular weight is 363 g/mol. The molecule has 3 rings (SSSR count). The van der Waals surface area contributed by atoms with Crippen LogP contribution in [0.5, 0.6) is 11.5 Å². The molecule has 1 heterocycles. The lowest BCUT2D eigenvalue weighted by Crippen LogP contribution is -2.07. The number of rotatable bonds is 5. The zero-order valence-electron chi connectivity index (χ0n) is 13.4. The Hall–Kier alpha value is -3.29. The van der Waals surface area contributed by atoms with E-state index in [4.69, 9.17) is 9.47 Å². The molecule has 0 amide bonds. The van der Waals surface area contributed by atoms with Gasteiger partial charge < -0.3 is 14.2 Å². The van der Waals surface area contributed by atoms with Crippen LogP contribution in [0.2, 0.25) is 0 Å². The van der Waals surface area contributed by atoms with Gasteiger partial charge >= 0.3 is 12.6 Å². The van der Waals surface area contributed by atoms with Gasteiger partial charge in [0.05, 0.1) is 12.7 Å². The van der Waals surface area contributed by atoms with Crippen molar-refractivity contribution in [2.45, 2.75) is 6.61 Å². The van der Waals surface area contributed by atoms with Gasteiger partial charge in [0.15, 0.2) is 17.2 Å². The highest BCUT2D eigenvalue weighted by Crippen LogP contribution is 2.31. The Kier molecular flexibility index (Phi) is 4.92. The second-order valence-electron chi connectivity index (χ2n) is 5.10. The minimum Gasteiger partial charge on any atom is -0.493 e. The molecule has 0 atom stereocenters. The van der Waals surface area contributed by atoms with Crippen molar-refractivity contribution in [3.63, 3.8) is 0 Å². The van der Waals surface area contributed by atoms with Crippen LogP contribution in [-0.4, -0.2) is 25.6 Å². The number of carbonyl (C=O) groups excluding carboxylic acids is 1. The minimum absolute atomic E-state index is 0.0579. The third-order valence-electron chi connectivity index (χ3n) is 3.43. The summed E-state index contributed by atoms with van der Waals surface area (Å²) in [5.74, 6) is -1.56. The zero-order chi connectivity index (χ0) is 18.7. The van der Waals surface area contributed by atoms with Crippen LogP contribution in [0, 0.1) is 5.82 Å². The van der Waals surface area contributed by atoms with Gasteiger partial charge in [0.2, 0.25) is 5.90 Å². The largest absolute Gasteiger partial charge is 0.493 e. The Morgan fingerprint density at radius 1 is 1.15 bits per heavy atom. The molecule has 134 valence electrons. The molecular formula is C18H12F3NO4. The zero-order valence-corrected chi connectivity index (χ0v) is 13.4. The molecule has 0 spiro atoms. The van der Waals surface area contributed by atoms with Gasteiger partial charge in [-0.2, -0.15) is 8.78 Å². The normalized spacial score (nSPS) is 15.2. The van der Waals surface area contributed by atoms with Crippen molar-refractivity contribution < 1.29 is 32.2 Å². The first-order valence-electron chi connectivity index (χ1n) is 7.38. The van der Waals surface area contributed by atoms with Crippen LogP contribution in [0.15, 0.2) is 53.2 Å². The molecule has 8 heteroatoms. The van der Waals surface area contributed by atoms with Gasteiger partial charge in [0.25, 0.3) is 0 Å². The van der Waals surface area contributed by atoms with Crippen LogP contribution in [-0.2, 0) is 9.53 Å². The van der Waals surface area contributed by atoms with E-state index in [0.29, 0.717) is 5.56 Å². The highest BCUT2D eigenvalue weighted by atomic mass is 19.3. The molecule has 0 unspecified atom stereocenters. The maximum atomic E-state index is 13.8. The lowest BCUT2D eigenvalue weighted by atomic mass is 10.1. The predicted octanol–water partition coefficient (Wildman–Crippen LogP) is 3.78. The molecule has 0 fully saturated rings. The lowest BCUT2D eigenvalue weighted by molar-refractivity contribution is -0.129. The predicted molar refractivity (Wildman–Crippen MR) is 86.6 cm³/mol. The Morgan fingerprint density at radius 3 is 2.62 bits per heavy atom. The van der Waals surface area contributed by atoms with E-state index in [1.165, 1.54) is 49.6 Å². The number of alkyl halides is 2.